The number of aromatic amines is 1. The number of H-pyrrole nitrogens is 1. The molecular weight excluding hydrogens is 389 g/mol. The molecule has 1 fully saturated rings. The van der Waals surface area contributed by atoms with Crippen molar-refractivity contribution >= 4 is 29.0 Å². The maximum Gasteiger partial charge on any atom is 0.234 e. The number of carbonyl (C=O) groups is 1. The van der Waals surface area contributed by atoms with Crippen LogP contribution in [0.5, 0.6) is 0 Å². The summed E-state index contributed by atoms with van der Waals surface area (Å²) in [6.07, 6.45) is 3.76. The summed E-state index contributed by atoms with van der Waals surface area (Å²) in [4.78, 5) is 18.9. The third kappa shape index (κ3) is 4.95. The minimum Gasteiger partial charge on any atom is -0.372 e. The summed E-state index contributed by atoms with van der Waals surface area (Å²) in [6.45, 7) is 2.18. The molecule has 0 bridgehead atoms. The van der Waals surface area contributed by atoms with E-state index >= 15 is 0 Å². The Morgan fingerprint density at radius 2 is 1.86 bits per heavy atom. The van der Waals surface area contributed by atoms with Gasteiger partial charge in [0, 0.05) is 24.5 Å². The molecule has 1 aliphatic heterocycles. The number of aromatic nitrogens is 3. The Morgan fingerprint density at radius 3 is 2.62 bits per heavy atom. The molecule has 0 spiro atoms. The Morgan fingerprint density at radius 1 is 1.10 bits per heavy atom. The van der Waals surface area contributed by atoms with E-state index in [0.717, 1.165) is 18.8 Å². The zero-order valence-electron chi connectivity index (χ0n) is 15.9. The van der Waals surface area contributed by atoms with E-state index in [4.69, 9.17) is 0 Å². The van der Waals surface area contributed by atoms with Crippen LogP contribution in [0, 0.1) is 5.82 Å². The van der Waals surface area contributed by atoms with Crippen LogP contribution in [0.4, 0.5) is 15.8 Å². The molecule has 2 heterocycles. The van der Waals surface area contributed by atoms with Crippen LogP contribution in [0.15, 0.2) is 53.7 Å². The van der Waals surface area contributed by atoms with E-state index in [1.54, 1.807) is 18.2 Å². The van der Waals surface area contributed by atoms with Crippen LogP contribution in [0.2, 0.25) is 0 Å². The van der Waals surface area contributed by atoms with E-state index in [0.29, 0.717) is 16.5 Å². The molecule has 0 saturated carbocycles. The molecule has 6 nitrogen and oxygen atoms in total. The number of nitrogens with zero attached hydrogens (tertiary/aromatic N) is 3. The molecule has 8 heteroatoms. The molecule has 0 atom stereocenters. The lowest BCUT2D eigenvalue weighted by molar-refractivity contribution is -0.113. The maximum atomic E-state index is 13.8. The molecule has 1 saturated heterocycles. The highest BCUT2D eigenvalue weighted by Crippen LogP contribution is 2.23. The van der Waals surface area contributed by atoms with Crippen molar-refractivity contribution in [2.75, 3.05) is 29.1 Å². The van der Waals surface area contributed by atoms with Crippen molar-refractivity contribution in [1.82, 2.24) is 15.2 Å². The van der Waals surface area contributed by atoms with E-state index < -0.39 is 0 Å². The number of amides is 1. The highest BCUT2D eigenvalue weighted by molar-refractivity contribution is 7.99. The first-order valence-corrected chi connectivity index (χ1v) is 10.6. The number of rotatable bonds is 6. The van der Waals surface area contributed by atoms with Crippen LogP contribution in [0.25, 0.3) is 11.4 Å². The van der Waals surface area contributed by atoms with Gasteiger partial charge in [-0.3, -0.25) is 9.89 Å². The Kier molecular flexibility index (Phi) is 6.09. The van der Waals surface area contributed by atoms with Gasteiger partial charge in [0.15, 0.2) is 5.82 Å². The van der Waals surface area contributed by atoms with Crippen LogP contribution in [0.3, 0.4) is 0 Å². The van der Waals surface area contributed by atoms with Gasteiger partial charge < -0.3 is 10.2 Å². The minimum absolute atomic E-state index is 0.141. The fourth-order valence-corrected chi connectivity index (χ4v) is 3.92. The number of thioether (sulfide) groups is 1. The van der Waals surface area contributed by atoms with E-state index in [1.165, 1.54) is 42.8 Å². The molecule has 150 valence electrons. The van der Waals surface area contributed by atoms with Gasteiger partial charge in [0.1, 0.15) is 5.82 Å². The third-order valence-corrected chi connectivity index (χ3v) is 5.65. The highest BCUT2D eigenvalue weighted by Gasteiger charge is 2.13. The molecule has 0 aliphatic carbocycles. The van der Waals surface area contributed by atoms with Crippen molar-refractivity contribution in [3.8, 4) is 11.4 Å². The highest BCUT2D eigenvalue weighted by atomic mass is 32.2. The minimum atomic E-state index is -0.369. The molecular formula is C21H22FN5OS. The fraction of sp³-hybridized carbons (Fsp3) is 0.286. The van der Waals surface area contributed by atoms with Crippen molar-refractivity contribution in [2.24, 2.45) is 0 Å². The molecule has 1 amide bonds. The summed E-state index contributed by atoms with van der Waals surface area (Å²) in [5.74, 6) is 0.00540. The third-order valence-electron chi connectivity index (χ3n) is 4.80. The molecule has 1 aromatic heterocycles. The topological polar surface area (TPSA) is 73.9 Å². The number of benzene rings is 2. The zero-order chi connectivity index (χ0) is 20.1. The van der Waals surface area contributed by atoms with Crippen molar-refractivity contribution in [3.05, 3.63) is 54.3 Å². The van der Waals surface area contributed by atoms with E-state index in [-0.39, 0.29) is 17.5 Å². The van der Waals surface area contributed by atoms with Crippen molar-refractivity contribution < 1.29 is 9.18 Å². The maximum absolute atomic E-state index is 13.8. The summed E-state index contributed by atoms with van der Waals surface area (Å²) < 4.78 is 13.8. The first kappa shape index (κ1) is 19.4. The lowest BCUT2D eigenvalue weighted by Gasteiger charge is -2.28. The summed E-state index contributed by atoms with van der Waals surface area (Å²) >= 11 is 1.20. The van der Waals surface area contributed by atoms with Gasteiger partial charge >= 0.3 is 0 Å². The molecule has 29 heavy (non-hydrogen) atoms. The first-order chi connectivity index (χ1) is 14.2. The predicted octanol–water partition coefficient (Wildman–Crippen LogP) is 4.33. The van der Waals surface area contributed by atoms with Crippen LogP contribution >= 0.6 is 11.8 Å². The summed E-state index contributed by atoms with van der Waals surface area (Å²) in [5, 5.41) is 10.1. The van der Waals surface area contributed by atoms with Crippen LogP contribution in [-0.2, 0) is 4.79 Å². The fourth-order valence-electron chi connectivity index (χ4n) is 3.32. The standard InChI is InChI=1S/C21H22FN5OS/c22-18-7-3-2-6-17(18)20-24-21(26-25-20)29-14-19(28)23-15-8-10-16(11-9-15)27-12-4-1-5-13-27/h2-3,6-11H,1,4-5,12-14H2,(H,23,28)(H,24,25,26). The second-order valence-corrected chi connectivity index (χ2v) is 7.82. The van der Waals surface area contributed by atoms with Gasteiger partial charge in [0.25, 0.3) is 0 Å². The predicted molar refractivity (Wildman–Crippen MR) is 114 cm³/mol. The number of piperidine rings is 1. The summed E-state index contributed by atoms with van der Waals surface area (Å²) in [7, 11) is 0. The van der Waals surface area contributed by atoms with Crippen molar-refractivity contribution in [2.45, 2.75) is 24.4 Å². The van der Waals surface area contributed by atoms with Crippen LogP contribution < -0.4 is 10.2 Å². The van der Waals surface area contributed by atoms with Gasteiger partial charge in [-0.15, -0.1) is 5.10 Å². The molecule has 0 unspecified atom stereocenters. The van der Waals surface area contributed by atoms with Gasteiger partial charge in [0.2, 0.25) is 11.1 Å². The molecule has 2 N–H and O–H groups in total. The van der Waals surface area contributed by atoms with Gasteiger partial charge in [-0.2, -0.15) is 0 Å². The lowest BCUT2D eigenvalue weighted by Crippen LogP contribution is -2.29. The van der Waals surface area contributed by atoms with E-state index in [9.17, 15) is 9.18 Å². The van der Waals surface area contributed by atoms with Crippen LogP contribution in [-0.4, -0.2) is 39.9 Å². The molecule has 1 aliphatic rings. The number of hydrogen-bond donors (Lipinski definition) is 2. The number of anilines is 2. The average molecular weight is 412 g/mol. The number of hydrogen-bond acceptors (Lipinski definition) is 5. The Hall–Kier alpha value is -2.87. The zero-order valence-corrected chi connectivity index (χ0v) is 16.7. The normalized spacial score (nSPS) is 14.0. The Bertz CT molecular complexity index is 969. The van der Waals surface area contributed by atoms with Crippen molar-refractivity contribution in [3.63, 3.8) is 0 Å². The first-order valence-electron chi connectivity index (χ1n) is 9.64. The molecule has 4 rings (SSSR count). The number of carbonyl (C=O) groups excluding carboxylic acids is 1. The van der Waals surface area contributed by atoms with Gasteiger partial charge in [0.05, 0.1) is 11.3 Å². The second kappa shape index (κ2) is 9.09. The molecule has 2 aromatic carbocycles. The number of nitrogens with one attached hydrogen (secondary N) is 2. The lowest BCUT2D eigenvalue weighted by atomic mass is 10.1. The Balaban J connectivity index is 1.30. The van der Waals surface area contributed by atoms with Gasteiger partial charge in [-0.05, 0) is 55.7 Å². The van der Waals surface area contributed by atoms with Crippen LogP contribution in [0.1, 0.15) is 19.3 Å². The summed E-state index contributed by atoms with van der Waals surface area (Å²) in [5.41, 5.74) is 2.31. The number of halogens is 1. The largest absolute Gasteiger partial charge is 0.372 e. The Labute approximate surface area is 172 Å². The average Bonchev–Trinajstić information content (AvgIpc) is 3.23. The van der Waals surface area contributed by atoms with E-state index in [1.807, 2.05) is 24.3 Å². The molecule has 0 radical (unpaired) electrons. The monoisotopic (exact) mass is 411 g/mol. The quantitative estimate of drug-likeness (QED) is 0.591. The van der Waals surface area contributed by atoms with Gasteiger partial charge in [-0.1, -0.05) is 23.9 Å². The molecule has 3 aromatic rings. The van der Waals surface area contributed by atoms with Gasteiger partial charge in [-0.25, -0.2) is 9.37 Å². The SMILES string of the molecule is O=C(CSc1n[nH]c(-c2ccccc2F)n1)Nc1ccc(N2CCCCC2)cc1. The van der Waals surface area contributed by atoms with Crippen molar-refractivity contribution in [1.29, 1.82) is 0 Å². The van der Waals surface area contributed by atoms with E-state index in [2.05, 4.69) is 25.4 Å². The summed E-state index contributed by atoms with van der Waals surface area (Å²) in [6, 6.07) is 14.3. The smallest absolute Gasteiger partial charge is 0.234 e. The second-order valence-electron chi connectivity index (χ2n) is 6.88.